The first kappa shape index (κ1) is 21.1. The third-order valence-corrected chi connectivity index (χ3v) is 5.54. The number of nitrogens with zero attached hydrogens (tertiary/aromatic N) is 1. The molecule has 0 saturated carbocycles. The number of carbonyl (C=O) groups excluding carboxylic acids is 2. The van der Waals surface area contributed by atoms with Crippen molar-refractivity contribution in [3.8, 4) is 0 Å². The van der Waals surface area contributed by atoms with Crippen LogP contribution >= 0.6 is 11.8 Å². The Hall–Kier alpha value is -2.58. The van der Waals surface area contributed by atoms with E-state index >= 15 is 0 Å². The molecule has 1 heterocycles. The van der Waals surface area contributed by atoms with Gasteiger partial charge in [0.25, 0.3) is 11.8 Å². The summed E-state index contributed by atoms with van der Waals surface area (Å²) in [6.07, 6.45) is -4.51. The van der Waals surface area contributed by atoms with Gasteiger partial charge < -0.3 is 5.11 Å². The van der Waals surface area contributed by atoms with Gasteiger partial charge in [0.15, 0.2) is 0 Å². The Balaban J connectivity index is 2.06. The summed E-state index contributed by atoms with van der Waals surface area (Å²) in [5.74, 6) is -0.991. The average Bonchev–Trinajstić information content (AvgIpc) is 2.89. The van der Waals surface area contributed by atoms with Crippen LogP contribution in [0.2, 0.25) is 0 Å². The van der Waals surface area contributed by atoms with Crippen molar-refractivity contribution >= 4 is 34.8 Å². The second kappa shape index (κ2) is 8.04. The highest BCUT2D eigenvalue weighted by Crippen LogP contribution is 2.40. The molecule has 0 aromatic heterocycles. The van der Waals surface area contributed by atoms with Crippen molar-refractivity contribution < 1.29 is 27.9 Å². The minimum atomic E-state index is -4.51. The van der Waals surface area contributed by atoms with E-state index < -0.39 is 23.6 Å². The lowest BCUT2D eigenvalue weighted by Gasteiger charge is -2.16. The summed E-state index contributed by atoms with van der Waals surface area (Å²) in [6.45, 7) is 3.54. The zero-order valence-corrected chi connectivity index (χ0v) is 16.5. The monoisotopic (exact) mass is 421 g/mol. The Morgan fingerprint density at radius 2 is 1.66 bits per heavy atom. The van der Waals surface area contributed by atoms with Gasteiger partial charge in [-0.3, -0.25) is 9.59 Å². The van der Waals surface area contributed by atoms with Gasteiger partial charge >= 0.3 is 6.18 Å². The molecule has 8 heteroatoms. The predicted octanol–water partition coefficient (Wildman–Crippen LogP) is 4.33. The van der Waals surface area contributed by atoms with E-state index in [1.54, 1.807) is 6.07 Å². The maximum absolute atomic E-state index is 13.2. The number of aryl methyl sites for hydroxylation is 2. The lowest BCUT2D eigenvalue weighted by atomic mass is 9.98. The molecule has 0 unspecified atom stereocenters. The van der Waals surface area contributed by atoms with Crippen LogP contribution in [0.1, 0.15) is 22.3 Å². The summed E-state index contributed by atoms with van der Waals surface area (Å²) in [5, 5.41) is 9.16. The molecule has 0 bridgehead atoms. The molecule has 0 radical (unpaired) electrons. The molecular weight excluding hydrogens is 403 g/mol. The van der Waals surface area contributed by atoms with Gasteiger partial charge in [0.2, 0.25) is 0 Å². The van der Waals surface area contributed by atoms with Crippen LogP contribution in [0, 0.1) is 13.8 Å². The highest BCUT2D eigenvalue weighted by Gasteiger charge is 2.41. The Morgan fingerprint density at radius 3 is 2.21 bits per heavy atom. The Bertz CT molecular complexity index is 997. The average molecular weight is 421 g/mol. The van der Waals surface area contributed by atoms with Gasteiger partial charge in [-0.25, -0.2) is 4.90 Å². The Morgan fingerprint density at radius 1 is 1.00 bits per heavy atom. The molecule has 0 spiro atoms. The van der Waals surface area contributed by atoms with E-state index in [2.05, 4.69) is 0 Å². The largest absolute Gasteiger partial charge is 0.416 e. The Labute approximate surface area is 170 Å². The van der Waals surface area contributed by atoms with Crippen LogP contribution in [-0.2, 0) is 15.8 Å². The molecular formula is C21H18F3NO3S. The van der Waals surface area contributed by atoms with Crippen molar-refractivity contribution in [1.29, 1.82) is 0 Å². The van der Waals surface area contributed by atoms with Gasteiger partial charge in [-0.2, -0.15) is 13.2 Å². The van der Waals surface area contributed by atoms with Crippen molar-refractivity contribution in [2.24, 2.45) is 0 Å². The van der Waals surface area contributed by atoms with Gasteiger partial charge in [-0.15, -0.1) is 11.8 Å². The number of carbonyl (C=O) groups is 2. The van der Waals surface area contributed by atoms with Gasteiger partial charge in [0.05, 0.1) is 28.3 Å². The van der Waals surface area contributed by atoms with Gasteiger partial charge in [0.1, 0.15) is 0 Å². The van der Waals surface area contributed by atoms with Gasteiger partial charge in [-0.1, -0.05) is 23.8 Å². The number of amides is 2. The van der Waals surface area contributed by atoms with Crippen molar-refractivity contribution in [2.45, 2.75) is 20.0 Å². The normalized spacial score (nSPS) is 14.9. The third-order valence-electron chi connectivity index (χ3n) is 4.48. The zero-order chi connectivity index (χ0) is 21.3. The molecule has 0 atom stereocenters. The van der Waals surface area contributed by atoms with E-state index in [4.69, 9.17) is 5.11 Å². The van der Waals surface area contributed by atoms with E-state index in [1.807, 2.05) is 26.0 Å². The number of alkyl halides is 3. The van der Waals surface area contributed by atoms with Crippen LogP contribution in [0.3, 0.4) is 0 Å². The highest BCUT2D eigenvalue weighted by molar-refractivity contribution is 8.04. The van der Waals surface area contributed by atoms with E-state index in [0.717, 1.165) is 52.1 Å². The van der Waals surface area contributed by atoms with Crippen LogP contribution < -0.4 is 4.90 Å². The fraction of sp³-hybridized carbons (Fsp3) is 0.238. The molecule has 0 fully saturated rings. The first-order valence-corrected chi connectivity index (χ1v) is 9.75. The molecule has 1 aliphatic heterocycles. The lowest BCUT2D eigenvalue weighted by molar-refractivity contribution is -0.137. The topological polar surface area (TPSA) is 57.6 Å². The van der Waals surface area contributed by atoms with Crippen molar-refractivity contribution in [1.82, 2.24) is 0 Å². The molecule has 29 heavy (non-hydrogen) atoms. The number of imide groups is 1. The molecule has 1 N–H and O–H groups in total. The highest BCUT2D eigenvalue weighted by atomic mass is 32.2. The summed E-state index contributed by atoms with van der Waals surface area (Å²) < 4.78 is 38.5. The number of thioether (sulfide) groups is 1. The molecule has 2 aromatic rings. The third kappa shape index (κ3) is 4.09. The van der Waals surface area contributed by atoms with Gasteiger partial charge in [-0.05, 0) is 49.2 Å². The van der Waals surface area contributed by atoms with Crippen LogP contribution in [0.4, 0.5) is 18.9 Å². The summed E-state index contributed by atoms with van der Waals surface area (Å²) in [5.41, 5.74) is 1.78. The van der Waals surface area contributed by atoms with E-state index in [9.17, 15) is 22.8 Å². The van der Waals surface area contributed by atoms with Crippen LogP contribution in [0.5, 0.6) is 0 Å². The number of rotatable bonds is 5. The van der Waals surface area contributed by atoms with Crippen molar-refractivity contribution in [2.75, 3.05) is 17.3 Å². The minimum absolute atomic E-state index is 0.0647. The van der Waals surface area contributed by atoms with Crippen LogP contribution in [0.25, 0.3) is 5.57 Å². The van der Waals surface area contributed by atoms with E-state index in [0.29, 0.717) is 5.56 Å². The number of hydrogen-bond acceptors (Lipinski definition) is 4. The molecule has 0 aliphatic carbocycles. The fourth-order valence-corrected chi connectivity index (χ4v) is 4.01. The number of aliphatic hydroxyl groups excluding tert-OH is 1. The molecule has 2 aromatic carbocycles. The van der Waals surface area contributed by atoms with Crippen LogP contribution in [-0.4, -0.2) is 29.3 Å². The predicted molar refractivity (Wildman–Crippen MR) is 106 cm³/mol. The second-order valence-electron chi connectivity index (χ2n) is 6.58. The maximum atomic E-state index is 13.2. The van der Waals surface area contributed by atoms with E-state index in [1.165, 1.54) is 0 Å². The molecule has 0 saturated heterocycles. The Kier molecular flexibility index (Phi) is 5.86. The number of hydrogen-bond donors (Lipinski definition) is 1. The smallest absolute Gasteiger partial charge is 0.396 e. The van der Waals surface area contributed by atoms with Crippen molar-refractivity contribution in [3.05, 3.63) is 69.6 Å². The quantitative estimate of drug-likeness (QED) is 0.730. The number of aliphatic hydroxyl groups is 1. The number of benzene rings is 2. The maximum Gasteiger partial charge on any atom is 0.416 e. The molecule has 2 amide bonds. The summed E-state index contributed by atoms with van der Waals surface area (Å²) >= 11 is 1.06. The van der Waals surface area contributed by atoms with Crippen LogP contribution in [0.15, 0.2) is 47.4 Å². The standard InChI is InChI=1S/C21H18F3NO3S/c1-12-3-8-16(13(2)11-12)17-18(29-10-9-26)20(28)25(19(17)27)15-6-4-14(5-7-15)21(22,23)24/h3-8,11,26H,9-10H2,1-2H3. The SMILES string of the molecule is Cc1ccc(C2=C(SCCO)C(=O)N(c3ccc(C(F)(F)F)cc3)C2=O)c(C)c1. The van der Waals surface area contributed by atoms with Crippen molar-refractivity contribution in [3.63, 3.8) is 0 Å². The lowest BCUT2D eigenvalue weighted by Crippen LogP contribution is -2.31. The van der Waals surface area contributed by atoms with E-state index in [-0.39, 0.29) is 28.5 Å². The number of anilines is 1. The molecule has 4 nitrogen and oxygen atoms in total. The fourth-order valence-electron chi connectivity index (χ4n) is 3.16. The second-order valence-corrected chi connectivity index (χ2v) is 7.69. The number of halogens is 3. The molecule has 1 aliphatic rings. The first-order valence-electron chi connectivity index (χ1n) is 8.76. The minimum Gasteiger partial charge on any atom is -0.396 e. The first-order chi connectivity index (χ1) is 13.6. The summed E-state index contributed by atoms with van der Waals surface area (Å²) in [6, 6.07) is 9.35. The summed E-state index contributed by atoms with van der Waals surface area (Å²) in [7, 11) is 0. The summed E-state index contributed by atoms with van der Waals surface area (Å²) in [4.78, 5) is 27.2. The molecule has 152 valence electrons. The van der Waals surface area contributed by atoms with Gasteiger partial charge in [0, 0.05) is 5.75 Å². The zero-order valence-electron chi connectivity index (χ0n) is 15.7. The molecule has 3 rings (SSSR count).